The smallest absolute Gasteiger partial charge is 0.176 e. The summed E-state index contributed by atoms with van der Waals surface area (Å²) in [5.74, 6) is -0.188. The summed E-state index contributed by atoms with van der Waals surface area (Å²) in [5, 5.41) is 8.91. The minimum atomic E-state index is -0.671. The minimum absolute atomic E-state index is 0.172. The second-order valence-electron chi connectivity index (χ2n) is 9.21. The average molecular weight is 535 g/mol. The normalized spacial score (nSPS) is 14.0. The molecule has 0 atom stereocenters. The molecule has 202 valence electrons. The third-order valence-corrected chi connectivity index (χ3v) is 6.64. The second-order valence-corrected chi connectivity index (χ2v) is 9.21. The number of hydrogen-bond donors (Lipinski definition) is 0. The van der Waals surface area contributed by atoms with Crippen LogP contribution in [0.1, 0.15) is 13.3 Å². The quantitative estimate of drug-likeness (QED) is 0.244. The van der Waals surface area contributed by atoms with Gasteiger partial charge in [0.25, 0.3) is 0 Å². The lowest BCUT2D eigenvalue weighted by Gasteiger charge is -2.28. The van der Waals surface area contributed by atoms with Crippen LogP contribution in [0.5, 0.6) is 0 Å². The predicted octanol–water partition coefficient (Wildman–Crippen LogP) is 5.09. The predicted molar refractivity (Wildman–Crippen MR) is 142 cm³/mol. The Labute approximate surface area is 223 Å². The van der Waals surface area contributed by atoms with E-state index in [0.29, 0.717) is 62.2 Å². The van der Waals surface area contributed by atoms with E-state index in [2.05, 4.69) is 15.1 Å². The zero-order valence-corrected chi connectivity index (χ0v) is 21.5. The highest BCUT2D eigenvalue weighted by Gasteiger charge is 2.22. The summed E-state index contributed by atoms with van der Waals surface area (Å²) >= 11 is 0. The van der Waals surface area contributed by atoms with Crippen molar-refractivity contribution in [1.29, 1.82) is 0 Å². The Balaban J connectivity index is 1.37. The van der Waals surface area contributed by atoms with Crippen molar-refractivity contribution in [2.24, 2.45) is 0 Å². The van der Waals surface area contributed by atoms with E-state index in [4.69, 9.17) is 18.9 Å². The van der Waals surface area contributed by atoms with Crippen LogP contribution in [0.4, 0.5) is 14.5 Å². The van der Waals surface area contributed by atoms with Gasteiger partial charge in [-0.2, -0.15) is 10.2 Å². The Bertz CT molecular complexity index is 1570. The molecular formula is C28H28F2N6O3. The minimum Gasteiger partial charge on any atom is -0.452 e. The zero-order valence-electron chi connectivity index (χ0n) is 21.5. The van der Waals surface area contributed by atoms with E-state index in [-0.39, 0.29) is 11.3 Å². The summed E-state index contributed by atoms with van der Waals surface area (Å²) in [6.07, 6.45) is 6.23. The van der Waals surface area contributed by atoms with Crippen LogP contribution in [0.25, 0.3) is 39.5 Å². The highest BCUT2D eigenvalue weighted by atomic mass is 19.1. The standard InChI is InChI=1S/C28H28F2N6O3/c1-2-37-12-4-8-35-18-19(17-31-35)25-15-23-28(39-25)24(34-10-13-38-14-11-34)16-26(32-23)36-9-7-22(33-36)27-20(29)5-3-6-21(27)30/h3,5-7,9,15-18H,2,4,8,10-14H2,1H3. The number of benzene rings is 1. The number of ether oxygens (including phenoxy) is 2. The largest absolute Gasteiger partial charge is 0.452 e. The number of aromatic nitrogens is 5. The number of aryl methyl sites for hydroxylation is 1. The Morgan fingerprint density at radius 1 is 1.08 bits per heavy atom. The van der Waals surface area contributed by atoms with Gasteiger partial charge in [-0.3, -0.25) is 4.68 Å². The van der Waals surface area contributed by atoms with E-state index in [0.717, 1.165) is 24.2 Å². The van der Waals surface area contributed by atoms with Gasteiger partial charge in [-0.1, -0.05) is 6.07 Å². The molecule has 0 unspecified atom stereocenters. The number of nitrogens with zero attached hydrogens (tertiary/aromatic N) is 6. The first-order valence-corrected chi connectivity index (χ1v) is 13.0. The van der Waals surface area contributed by atoms with Crippen LogP contribution < -0.4 is 4.90 Å². The summed E-state index contributed by atoms with van der Waals surface area (Å²) in [4.78, 5) is 6.98. The molecule has 0 aliphatic carbocycles. The summed E-state index contributed by atoms with van der Waals surface area (Å²) in [6.45, 7) is 6.68. The number of pyridine rings is 1. The van der Waals surface area contributed by atoms with Crippen molar-refractivity contribution in [2.45, 2.75) is 19.9 Å². The van der Waals surface area contributed by atoms with Crippen LogP contribution >= 0.6 is 0 Å². The van der Waals surface area contributed by atoms with Crippen molar-refractivity contribution in [2.75, 3.05) is 44.4 Å². The molecule has 11 heteroatoms. The lowest BCUT2D eigenvalue weighted by molar-refractivity contribution is 0.122. The summed E-state index contributed by atoms with van der Waals surface area (Å²) in [7, 11) is 0. The number of morpholine rings is 1. The van der Waals surface area contributed by atoms with E-state index in [1.54, 1.807) is 18.5 Å². The number of hydrogen-bond acceptors (Lipinski definition) is 7. The summed E-state index contributed by atoms with van der Waals surface area (Å²) in [5.41, 5.74) is 2.99. The molecule has 0 spiro atoms. The molecule has 39 heavy (non-hydrogen) atoms. The highest BCUT2D eigenvalue weighted by Crippen LogP contribution is 2.35. The highest BCUT2D eigenvalue weighted by molar-refractivity contribution is 5.91. The Morgan fingerprint density at radius 3 is 2.69 bits per heavy atom. The molecular weight excluding hydrogens is 506 g/mol. The molecule has 0 bridgehead atoms. The SMILES string of the molecule is CCOCCCn1cc(-c2cc3nc(-n4ccc(-c5c(F)cccc5F)n4)cc(N4CCOCC4)c3o2)cn1. The van der Waals surface area contributed by atoms with E-state index < -0.39 is 11.6 Å². The molecule has 6 rings (SSSR count). The van der Waals surface area contributed by atoms with E-state index in [9.17, 15) is 8.78 Å². The first-order chi connectivity index (χ1) is 19.1. The molecule has 0 N–H and O–H groups in total. The maximum absolute atomic E-state index is 14.4. The van der Waals surface area contributed by atoms with E-state index in [1.807, 2.05) is 29.9 Å². The van der Waals surface area contributed by atoms with Gasteiger partial charge in [0.05, 0.1) is 41.9 Å². The Morgan fingerprint density at radius 2 is 1.90 bits per heavy atom. The van der Waals surface area contributed by atoms with Crippen LogP contribution in [0.2, 0.25) is 0 Å². The topological polar surface area (TPSA) is 83.4 Å². The third kappa shape index (κ3) is 5.15. The molecule has 1 aromatic carbocycles. The van der Waals surface area contributed by atoms with E-state index in [1.165, 1.54) is 22.9 Å². The van der Waals surface area contributed by atoms with Crippen molar-refractivity contribution in [3.63, 3.8) is 0 Å². The molecule has 1 saturated heterocycles. The van der Waals surface area contributed by atoms with Gasteiger partial charge < -0.3 is 18.8 Å². The molecule has 5 aromatic rings. The van der Waals surface area contributed by atoms with Gasteiger partial charge in [-0.15, -0.1) is 0 Å². The van der Waals surface area contributed by atoms with Gasteiger partial charge in [0.1, 0.15) is 22.9 Å². The number of furan rings is 1. The van der Waals surface area contributed by atoms with Crippen molar-refractivity contribution in [3.8, 4) is 28.4 Å². The first kappa shape index (κ1) is 25.2. The molecule has 9 nitrogen and oxygen atoms in total. The zero-order chi connectivity index (χ0) is 26.8. The molecule has 5 heterocycles. The number of halogens is 2. The maximum atomic E-state index is 14.4. The number of fused-ring (bicyclic) bond motifs is 1. The van der Waals surface area contributed by atoms with Crippen LogP contribution in [0, 0.1) is 11.6 Å². The molecule has 4 aromatic heterocycles. The molecule has 1 fully saturated rings. The van der Waals surface area contributed by atoms with Gasteiger partial charge in [0.15, 0.2) is 11.4 Å². The fraction of sp³-hybridized carbons (Fsp3) is 0.321. The van der Waals surface area contributed by atoms with Crippen molar-refractivity contribution < 1.29 is 22.7 Å². The van der Waals surface area contributed by atoms with Crippen LogP contribution in [-0.4, -0.2) is 64.1 Å². The van der Waals surface area contributed by atoms with Crippen molar-refractivity contribution >= 4 is 16.8 Å². The van der Waals surface area contributed by atoms with E-state index >= 15 is 0 Å². The molecule has 0 amide bonds. The van der Waals surface area contributed by atoms with Gasteiger partial charge >= 0.3 is 0 Å². The Kier molecular flexibility index (Phi) is 7.08. The third-order valence-electron chi connectivity index (χ3n) is 6.64. The fourth-order valence-electron chi connectivity index (χ4n) is 4.70. The maximum Gasteiger partial charge on any atom is 0.176 e. The fourth-order valence-corrected chi connectivity index (χ4v) is 4.70. The van der Waals surface area contributed by atoms with Crippen LogP contribution in [0.3, 0.4) is 0 Å². The van der Waals surface area contributed by atoms with Crippen LogP contribution in [0.15, 0.2) is 59.4 Å². The summed E-state index contributed by atoms with van der Waals surface area (Å²) < 4.78 is 49.5. The van der Waals surface area contributed by atoms with Crippen molar-refractivity contribution in [1.82, 2.24) is 24.5 Å². The van der Waals surface area contributed by atoms with Gasteiger partial charge in [-0.25, -0.2) is 18.4 Å². The summed E-state index contributed by atoms with van der Waals surface area (Å²) in [6, 6.07) is 9.09. The average Bonchev–Trinajstić information content (AvgIpc) is 3.71. The monoisotopic (exact) mass is 534 g/mol. The molecule has 1 aliphatic rings. The van der Waals surface area contributed by atoms with Crippen LogP contribution in [-0.2, 0) is 16.0 Å². The van der Waals surface area contributed by atoms with Gasteiger partial charge in [0, 0.05) is 57.4 Å². The number of rotatable bonds is 9. The molecule has 1 aliphatic heterocycles. The first-order valence-electron chi connectivity index (χ1n) is 13.0. The molecule has 0 saturated carbocycles. The number of anilines is 1. The van der Waals surface area contributed by atoms with Gasteiger partial charge in [0.2, 0.25) is 0 Å². The lowest BCUT2D eigenvalue weighted by atomic mass is 10.1. The Hall–Kier alpha value is -4.09. The van der Waals surface area contributed by atoms with Crippen molar-refractivity contribution in [3.05, 3.63) is 66.6 Å². The lowest BCUT2D eigenvalue weighted by Crippen LogP contribution is -2.36. The van der Waals surface area contributed by atoms with Gasteiger partial charge in [-0.05, 0) is 31.5 Å². The second kappa shape index (κ2) is 11.0. The molecule has 0 radical (unpaired) electrons.